The number of amides is 1. The van der Waals surface area contributed by atoms with Crippen LogP contribution < -0.4 is 10.8 Å². The predicted octanol–water partition coefficient (Wildman–Crippen LogP) is 15.7. The molecule has 0 heterocycles. The zero-order valence-corrected chi connectivity index (χ0v) is 43.4. The minimum Gasteiger partial charge on any atom is -0.423 e. The molecule has 0 saturated heterocycles. The Morgan fingerprint density at radius 3 is 0.630 bits per heavy atom. The number of anilines is 1. The van der Waals surface area contributed by atoms with Gasteiger partial charge in [0.25, 0.3) is 0 Å². The molecule has 0 bridgehead atoms. The molecular formula is C34H9BF53NO11. The largest absolute Gasteiger partial charge is 0.488 e. The van der Waals surface area contributed by atoms with E-state index < -0.39 is 199 Å². The Balaban J connectivity index is 4.51. The third-order valence-electron chi connectivity index (χ3n) is 10.4. The van der Waals surface area contributed by atoms with Crippen molar-refractivity contribution in [2.45, 2.75) is 164 Å². The third kappa shape index (κ3) is 15.8. The molecule has 0 fully saturated rings. The zero-order chi connectivity index (χ0) is 81.4. The Labute approximate surface area is 504 Å². The predicted molar refractivity (Wildman–Crippen MR) is 188 cm³/mol. The summed E-state index contributed by atoms with van der Waals surface area (Å²) in [7, 11) is -3.52. The van der Waals surface area contributed by atoms with Crippen molar-refractivity contribution >= 4 is 24.2 Å². The fraction of sp³-hybridized carbons (Fsp3) is 0.794. The molecule has 0 radical (unpaired) electrons. The van der Waals surface area contributed by atoms with Crippen LogP contribution in [-0.4, -0.2) is 174 Å². The first-order chi connectivity index (χ1) is 42.6. The summed E-state index contributed by atoms with van der Waals surface area (Å²) in [6.45, 7) is 0.225. The second-order valence-electron chi connectivity index (χ2n) is 17.7. The molecule has 0 spiro atoms. The SMILES string of the molecule is CC(=O)Nc1cc(B(O)O)cc(C(F)(OC(F)(F)C(F)(OC(F)(F)C(F)(OC(F)(F)C(F)(OC(F)(F)C(F)(OC(F)(F)C(F)(OC(F)(F)C(F)(OC(F)(F)C(F)(OC(F)(F)C(F)(F)C(F)(F)F)C(F)(F)F)C(F)(F)F)C(F)(F)F)C(F)(F)F)C(F)(F)F)C(F)(F)F)C(F)(F)F)C(F)(F)F)c1. The van der Waals surface area contributed by atoms with E-state index in [1.54, 1.807) is 0 Å². The minimum absolute atomic E-state index is 0.151. The van der Waals surface area contributed by atoms with Crippen LogP contribution in [0.4, 0.5) is 238 Å². The highest BCUT2D eigenvalue weighted by molar-refractivity contribution is 6.58. The average Bonchev–Trinajstić information content (AvgIpc) is 0.714. The van der Waals surface area contributed by atoms with Crippen molar-refractivity contribution in [3.8, 4) is 0 Å². The van der Waals surface area contributed by atoms with E-state index in [1.165, 1.54) is 0 Å². The molecule has 0 saturated carbocycles. The van der Waals surface area contributed by atoms with Gasteiger partial charge < -0.3 is 15.4 Å². The molecule has 1 rings (SSSR count). The molecule has 0 aliphatic heterocycles. The maximum Gasteiger partial charge on any atom is 0.488 e. The average molecular weight is 1630 g/mol. The van der Waals surface area contributed by atoms with Gasteiger partial charge in [0, 0.05) is 18.2 Å². The maximum absolute atomic E-state index is 15.7. The first-order valence-electron chi connectivity index (χ1n) is 21.5. The lowest BCUT2D eigenvalue weighted by Gasteiger charge is -2.45. The second-order valence-corrected chi connectivity index (χ2v) is 17.7. The summed E-state index contributed by atoms with van der Waals surface area (Å²) in [6, 6.07) is -2.17. The van der Waals surface area contributed by atoms with E-state index in [0.717, 1.165) is 10.1 Å². The van der Waals surface area contributed by atoms with E-state index in [1.807, 2.05) is 4.74 Å². The van der Waals surface area contributed by atoms with Crippen LogP contribution >= 0.6 is 0 Å². The van der Waals surface area contributed by atoms with E-state index in [-0.39, 0.29) is 13.0 Å². The molecule has 100 heavy (non-hydrogen) atoms. The number of benzene rings is 1. The van der Waals surface area contributed by atoms with E-state index in [2.05, 4.69) is 0 Å². The summed E-state index contributed by atoms with van der Waals surface area (Å²) < 4.78 is 754. The van der Waals surface area contributed by atoms with Gasteiger partial charge in [-0.2, -0.15) is 233 Å². The van der Waals surface area contributed by atoms with Crippen molar-refractivity contribution in [3.05, 3.63) is 23.8 Å². The fourth-order valence-electron chi connectivity index (χ4n) is 5.62. The van der Waals surface area contributed by atoms with E-state index in [4.69, 9.17) is 0 Å². The standard InChI is InChI=1S/C34H9BF53NO11/c1-5(90)89-8-3-6(2-7(4-8)35(91)92)9(36,18(46,47)48)93-28(75,76)11(39,20(52,53)54)95-30(79,80)13(41,22(58,59)60)97-32(83,84)15(43,24(64,65)66)99-34(87,88)17(45,26(70,71)72)100-33(85,86)16(44,25(67,68)69)98-31(81,82)14(42,23(61,62)63)96-29(77,78)12(40,21(55,56)57)94-27(73,74)10(37,38)19(49,50)51/h2-4,91-92H,1H3,(H,89,90). The van der Waals surface area contributed by atoms with Gasteiger partial charge in [0.2, 0.25) is 5.91 Å². The number of ether oxygens (including phenoxy) is 8. The lowest BCUT2D eigenvalue weighted by Crippen LogP contribution is -2.74. The summed E-state index contributed by atoms with van der Waals surface area (Å²) in [5, 5.41) is 19.5. The number of carbonyl (C=O) groups excluding carboxylic acids is 1. The van der Waals surface area contributed by atoms with Gasteiger partial charge >= 0.3 is 164 Å². The van der Waals surface area contributed by atoms with Crippen molar-refractivity contribution in [2.24, 2.45) is 0 Å². The lowest BCUT2D eigenvalue weighted by atomic mass is 9.78. The van der Waals surface area contributed by atoms with Crippen LogP contribution in [0.2, 0.25) is 0 Å². The van der Waals surface area contributed by atoms with E-state index in [9.17, 15) is 212 Å². The van der Waals surface area contributed by atoms with Crippen molar-refractivity contribution in [1.29, 1.82) is 0 Å². The zero-order valence-electron chi connectivity index (χ0n) is 43.4. The molecule has 0 aromatic heterocycles. The highest BCUT2D eigenvalue weighted by Gasteiger charge is 2.94. The summed E-state index contributed by atoms with van der Waals surface area (Å²) >= 11 is 0. The lowest BCUT2D eigenvalue weighted by molar-refractivity contribution is -0.610. The molecular weight excluding hydrogens is 1620 g/mol. The molecule has 66 heteroatoms. The Morgan fingerprint density at radius 2 is 0.470 bits per heavy atom. The molecule has 8 atom stereocenters. The smallest absolute Gasteiger partial charge is 0.423 e. The summed E-state index contributed by atoms with van der Waals surface area (Å²) in [5.74, 6) is -88.0. The number of nitrogens with one attached hydrogen (secondary N) is 1. The maximum atomic E-state index is 15.7. The Bertz CT molecular complexity index is 3040. The number of carbonyl (C=O) groups is 1. The van der Waals surface area contributed by atoms with Gasteiger partial charge in [0.1, 0.15) is 0 Å². The van der Waals surface area contributed by atoms with Gasteiger partial charge in [-0.1, -0.05) is 6.07 Å². The topological polar surface area (TPSA) is 143 Å². The highest BCUT2D eigenvalue weighted by Crippen LogP contribution is 2.66. The van der Waals surface area contributed by atoms with Crippen molar-refractivity contribution in [1.82, 2.24) is 0 Å². The summed E-state index contributed by atoms with van der Waals surface area (Å²) in [6.07, 6.45) is -162. The van der Waals surface area contributed by atoms with Crippen LogP contribution in [-0.2, 0) is 48.5 Å². The van der Waals surface area contributed by atoms with Crippen LogP contribution in [0, 0.1) is 0 Å². The van der Waals surface area contributed by atoms with Gasteiger partial charge in [0.05, 0.1) is 0 Å². The van der Waals surface area contributed by atoms with Crippen molar-refractivity contribution in [2.75, 3.05) is 5.32 Å². The molecule has 590 valence electrons. The number of alkyl halides is 53. The van der Waals surface area contributed by atoms with Crippen LogP contribution in [0.25, 0.3) is 0 Å². The van der Waals surface area contributed by atoms with Gasteiger partial charge in [-0.15, -0.1) is 0 Å². The molecule has 8 unspecified atom stereocenters. The van der Waals surface area contributed by atoms with Crippen LogP contribution in [0.1, 0.15) is 12.5 Å². The number of hydrogen-bond donors (Lipinski definition) is 3. The van der Waals surface area contributed by atoms with Gasteiger partial charge in [-0.3, -0.25) is 42.7 Å². The molecule has 1 aromatic rings. The van der Waals surface area contributed by atoms with E-state index in [0.29, 0.717) is 28.4 Å². The molecule has 12 nitrogen and oxygen atoms in total. The van der Waals surface area contributed by atoms with Crippen molar-refractivity contribution < 1.29 is 285 Å². The normalized spacial score (nSPS) is 20.2. The Morgan fingerprint density at radius 1 is 0.280 bits per heavy atom. The third-order valence-corrected chi connectivity index (χ3v) is 10.4. The van der Waals surface area contributed by atoms with E-state index >= 15 is 35.1 Å². The van der Waals surface area contributed by atoms with Gasteiger partial charge in [-0.05, 0) is 17.6 Å². The van der Waals surface area contributed by atoms with Crippen LogP contribution in [0.3, 0.4) is 0 Å². The van der Waals surface area contributed by atoms with Gasteiger partial charge in [-0.25, -0.2) is 0 Å². The minimum atomic E-state index is -10.3. The summed E-state index contributed by atoms with van der Waals surface area (Å²) in [5.41, 5.74) is -6.95. The van der Waals surface area contributed by atoms with Crippen LogP contribution in [0.15, 0.2) is 18.2 Å². The molecule has 3 N–H and O–H groups in total. The molecule has 1 amide bonds. The van der Waals surface area contributed by atoms with Crippen molar-refractivity contribution in [3.63, 3.8) is 0 Å². The number of hydrogen-bond acceptors (Lipinski definition) is 11. The fourth-order valence-corrected chi connectivity index (χ4v) is 5.62. The Hall–Kier alpha value is -5.36. The first-order valence-corrected chi connectivity index (χ1v) is 21.5. The Kier molecular flexibility index (Phi) is 23.6. The van der Waals surface area contributed by atoms with Crippen LogP contribution in [0.5, 0.6) is 0 Å². The molecule has 0 aliphatic carbocycles. The number of halogens is 53. The molecule has 0 aliphatic rings. The van der Waals surface area contributed by atoms with Gasteiger partial charge in [0.15, 0.2) is 0 Å². The second kappa shape index (κ2) is 25.5. The quantitative estimate of drug-likeness (QED) is 0.0572. The highest BCUT2D eigenvalue weighted by atomic mass is 19.5. The summed E-state index contributed by atoms with van der Waals surface area (Å²) in [4.78, 5) is 11.3. The molecule has 1 aromatic carbocycles. The first kappa shape index (κ1) is 92.7. The number of rotatable bonds is 27. The monoisotopic (exact) mass is 1620 g/mol.